The van der Waals surface area contributed by atoms with E-state index in [0.717, 1.165) is 33.9 Å². The minimum atomic E-state index is -4.47. The number of rotatable bonds is 11. The maximum atomic E-state index is 12.1. The molecule has 2 heterocycles. The predicted molar refractivity (Wildman–Crippen MR) is 207 cm³/mol. The highest BCUT2D eigenvalue weighted by Gasteiger charge is 2.45. The van der Waals surface area contributed by atoms with Crippen LogP contribution in [0.15, 0.2) is 131 Å². The standard InChI is InChI=1S/C41H38N2O10S2/c1-40(2)32-22-30(54(48,49)50)18-20-34(32)42(24-26-10-14-28(15-11-26)38(44)45)36(40)8-6-5-7-9-37-41(3,4)33-23-31(55(51,52)53)19-21-35(33)43(37)25-27-12-16-29(17-13-27)39(46)47/h5-23H,24-25H2,1-4H3,(H3-,44,45,46,47,48,49,50,51,52,53)/p+1. The van der Waals surface area contributed by atoms with Gasteiger partial charge in [-0.2, -0.15) is 21.4 Å². The Hall–Kier alpha value is -5.67. The molecule has 4 aromatic rings. The Kier molecular flexibility index (Phi) is 10.1. The van der Waals surface area contributed by atoms with Crippen LogP contribution < -0.4 is 4.90 Å². The molecule has 284 valence electrons. The van der Waals surface area contributed by atoms with Crippen LogP contribution in [-0.2, 0) is 44.2 Å². The van der Waals surface area contributed by atoms with Crippen LogP contribution in [0.2, 0.25) is 0 Å². The zero-order chi connectivity index (χ0) is 40.1. The maximum absolute atomic E-state index is 12.1. The Morgan fingerprint density at radius 1 is 0.673 bits per heavy atom. The lowest BCUT2D eigenvalue weighted by Crippen LogP contribution is -2.27. The molecule has 0 fully saturated rings. The molecule has 0 spiro atoms. The molecule has 6 rings (SSSR count). The molecule has 0 aliphatic carbocycles. The first kappa shape index (κ1) is 39.0. The van der Waals surface area contributed by atoms with Crippen molar-refractivity contribution < 1.29 is 50.3 Å². The second-order valence-electron chi connectivity index (χ2n) is 14.4. The fourth-order valence-corrected chi connectivity index (χ4v) is 8.21. The number of carboxylic acids is 2. The van der Waals surface area contributed by atoms with E-state index in [2.05, 4.69) is 0 Å². The smallest absolute Gasteiger partial charge is 0.335 e. The molecule has 4 aromatic carbocycles. The summed E-state index contributed by atoms with van der Waals surface area (Å²) in [5.41, 5.74) is 4.93. The minimum Gasteiger partial charge on any atom is -0.478 e. The van der Waals surface area contributed by atoms with Crippen LogP contribution in [0.4, 0.5) is 11.4 Å². The summed E-state index contributed by atoms with van der Waals surface area (Å²) in [4.78, 5) is 24.4. The quantitative estimate of drug-likeness (QED) is 0.0687. The van der Waals surface area contributed by atoms with Crippen LogP contribution in [-0.4, -0.2) is 58.4 Å². The fourth-order valence-electron chi connectivity index (χ4n) is 7.20. The number of fused-ring (bicyclic) bond motifs is 2. The summed E-state index contributed by atoms with van der Waals surface area (Å²) >= 11 is 0. The number of aromatic carboxylic acids is 2. The Morgan fingerprint density at radius 2 is 1.20 bits per heavy atom. The van der Waals surface area contributed by atoms with E-state index in [1.165, 1.54) is 48.5 Å². The summed E-state index contributed by atoms with van der Waals surface area (Å²) in [6.07, 6.45) is 9.31. The van der Waals surface area contributed by atoms with Crippen LogP contribution in [0, 0.1) is 0 Å². The Balaban J connectivity index is 1.38. The minimum absolute atomic E-state index is 0.147. The molecule has 4 N–H and O–H groups in total. The van der Waals surface area contributed by atoms with Crippen LogP contribution >= 0.6 is 0 Å². The molecule has 2 aliphatic rings. The number of carbonyl (C=O) groups is 2. The zero-order valence-corrected chi connectivity index (χ0v) is 32.0. The molecule has 12 nitrogen and oxygen atoms in total. The lowest BCUT2D eigenvalue weighted by atomic mass is 9.81. The van der Waals surface area contributed by atoms with Gasteiger partial charge in [0, 0.05) is 46.6 Å². The molecule has 0 amide bonds. The maximum Gasteiger partial charge on any atom is 0.335 e. The van der Waals surface area contributed by atoms with Crippen LogP contribution in [0.5, 0.6) is 0 Å². The predicted octanol–water partition coefficient (Wildman–Crippen LogP) is 7.15. The van der Waals surface area contributed by atoms with Gasteiger partial charge in [-0.3, -0.25) is 9.11 Å². The Morgan fingerprint density at radius 3 is 1.75 bits per heavy atom. The molecule has 2 aliphatic heterocycles. The van der Waals surface area contributed by atoms with Crippen molar-refractivity contribution in [1.29, 1.82) is 0 Å². The molecular weight excluding hydrogens is 745 g/mol. The normalized spacial score (nSPS) is 17.0. The lowest BCUT2D eigenvalue weighted by molar-refractivity contribution is -0.455. The average molecular weight is 784 g/mol. The van der Waals surface area contributed by atoms with Gasteiger partial charge in [0.25, 0.3) is 20.2 Å². The highest BCUT2D eigenvalue weighted by molar-refractivity contribution is 7.86. The number of nitrogens with zero attached hydrogens (tertiary/aromatic N) is 2. The van der Waals surface area contributed by atoms with Crippen molar-refractivity contribution in [1.82, 2.24) is 0 Å². The van der Waals surface area contributed by atoms with E-state index in [4.69, 9.17) is 0 Å². The highest BCUT2D eigenvalue weighted by atomic mass is 32.2. The molecule has 0 bridgehead atoms. The molecule has 0 saturated heterocycles. The summed E-state index contributed by atoms with van der Waals surface area (Å²) < 4.78 is 69.9. The summed E-state index contributed by atoms with van der Waals surface area (Å²) in [6.45, 7) is 8.46. The van der Waals surface area contributed by atoms with Gasteiger partial charge >= 0.3 is 11.9 Å². The number of hydrogen-bond donors (Lipinski definition) is 4. The number of carboxylic acid groups (broad SMARTS) is 2. The lowest BCUT2D eigenvalue weighted by Gasteiger charge is -2.27. The first-order valence-electron chi connectivity index (χ1n) is 17.1. The first-order valence-corrected chi connectivity index (χ1v) is 19.9. The largest absolute Gasteiger partial charge is 0.478 e. The van der Waals surface area contributed by atoms with Crippen molar-refractivity contribution in [2.75, 3.05) is 4.90 Å². The van der Waals surface area contributed by atoms with Crippen molar-refractivity contribution in [2.45, 2.75) is 61.4 Å². The highest BCUT2D eigenvalue weighted by Crippen LogP contribution is 2.49. The molecule has 55 heavy (non-hydrogen) atoms. The van der Waals surface area contributed by atoms with E-state index < -0.39 is 43.0 Å². The number of hydrogen-bond acceptors (Lipinski definition) is 7. The van der Waals surface area contributed by atoms with Crippen molar-refractivity contribution >= 4 is 49.3 Å². The first-order chi connectivity index (χ1) is 25.7. The zero-order valence-electron chi connectivity index (χ0n) is 30.3. The van der Waals surface area contributed by atoms with Crippen LogP contribution in [0.1, 0.15) is 70.7 Å². The molecule has 0 aromatic heterocycles. The van der Waals surface area contributed by atoms with Crippen molar-refractivity contribution in [3.05, 3.63) is 154 Å². The van der Waals surface area contributed by atoms with Gasteiger partial charge in [0.1, 0.15) is 0 Å². The van der Waals surface area contributed by atoms with Crippen molar-refractivity contribution in [3.63, 3.8) is 0 Å². The number of anilines is 1. The number of benzene rings is 4. The Bertz CT molecular complexity index is 2580. The molecule has 0 radical (unpaired) electrons. The molecule has 14 heteroatoms. The van der Waals surface area contributed by atoms with Gasteiger partial charge in [-0.05, 0) is 85.6 Å². The van der Waals surface area contributed by atoms with E-state index in [9.17, 15) is 45.7 Å². The third-order valence-corrected chi connectivity index (χ3v) is 11.8. The van der Waals surface area contributed by atoms with E-state index in [0.29, 0.717) is 24.2 Å². The van der Waals surface area contributed by atoms with Gasteiger partial charge in [0.2, 0.25) is 5.69 Å². The number of allylic oxidation sites excluding steroid dienone is 6. The fraction of sp³-hybridized carbons (Fsp3) is 0.195. The van der Waals surface area contributed by atoms with E-state index >= 15 is 0 Å². The molecular formula is C41H39N2O10S2+. The van der Waals surface area contributed by atoms with E-state index in [1.54, 1.807) is 36.4 Å². The summed E-state index contributed by atoms with van der Waals surface area (Å²) in [5, 5.41) is 18.7. The van der Waals surface area contributed by atoms with Gasteiger partial charge in [-0.1, -0.05) is 56.3 Å². The van der Waals surface area contributed by atoms with Crippen molar-refractivity contribution in [2.24, 2.45) is 0 Å². The molecule has 0 saturated carbocycles. The summed E-state index contributed by atoms with van der Waals surface area (Å²) in [5.74, 6) is -2.08. The van der Waals surface area contributed by atoms with Gasteiger partial charge in [0.05, 0.1) is 26.3 Å². The summed E-state index contributed by atoms with van der Waals surface area (Å²) in [6, 6.07) is 21.9. The Labute approximate surface area is 319 Å². The van der Waals surface area contributed by atoms with Crippen LogP contribution in [0.3, 0.4) is 0 Å². The van der Waals surface area contributed by atoms with Gasteiger partial charge < -0.3 is 15.1 Å². The second kappa shape index (κ2) is 14.2. The molecule has 0 unspecified atom stereocenters. The van der Waals surface area contributed by atoms with Gasteiger partial charge in [0.15, 0.2) is 12.3 Å². The molecule has 0 atom stereocenters. The average Bonchev–Trinajstić information content (AvgIpc) is 3.45. The third kappa shape index (κ3) is 7.67. The van der Waals surface area contributed by atoms with Gasteiger partial charge in [-0.15, -0.1) is 0 Å². The van der Waals surface area contributed by atoms with E-state index in [-0.39, 0.29) is 20.9 Å². The topological polar surface area (TPSA) is 190 Å². The van der Waals surface area contributed by atoms with Crippen LogP contribution in [0.25, 0.3) is 0 Å². The second-order valence-corrected chi connectivity index (χ2v) is 17.3. The monoisotopic (exact) mass is 783 g/mol. The van der Waals surface area contributed by atoms with E-state index in [1.807, 2.05) is 67.6 Å². The third-order valence-electron chi connectivity index (χ3n) is 10.1. The SMILES string of the molecule is CC1(C)C(=CC=CC=CC2=[N+](Cc3ccc(C(=O)O)cc3)c3ccc(S(=O)(=O)O)cc3C2(C)C)N(Cc2ccc(C(=O)O)cc2)c2ccc(S(=O)(=O)O)cc21. The van der Waals surface area contributed by atoms with Crippen molar-refractivity contribution in [3.8, 4) is 0 Å². The van der Waals surface area contributed by atoms with Gasteiger partial charge in [-0.25, -0.2) is 9.59 Å². The summed E-state index contributed by atoms with van der Waals surface area (Å²) in [7, 11) is -8.94.